The molecule has 120 valence electrons. The van der Waals surface area contributed by atoms with Crippen molar-refractivity contribution in [1.29, 1.82) is 0 Å². The number of pyridine rings is 1. The van der Waals surface area contributed by atoms with Gasteiger partial charge in [-0.05, 0) is 37.0 Å². The van der Waals surface area contributed by atoms with Crippen molar-refractivity contribution in [3.8, 4) is 0 Å². The fourth-order valence-corrected chi connectivity index (χ4v) is 2.43. The van der Waals surface area contributed by atoms with Crippen molar-refractivity contribution in [2.24, 2.45) is 5.92 Å². The lowest BCUT2D eigenvalue weighted by molar-refractivity contribution is 0.586. The van der Waals surface area contributed by atoms with Gasteiger partial charge in [0, 0.05) is 31.4 Å². The van der Waals surface area contributed by atoms with Gasteiger partial charge in [0.2, 0.25) is 0 Å². The van der Waals surface area contributed by atoms with Crippen LogP contribution in [0.15, 0.2) is 12.1 Å². The molecule has 0 atom stereocenters. The summed E-state index contributed by atoms with van der Waals surface area (Å²) in [5.74, 6) is 1.79. The molecule has 1 N–H and O–H groups in total. The van der Waals surface area contributed by atoms with Crippen LogP contribution in [0, 0.1) is 5.92 Å². The molecule has 3 heteroatoms. The van der Waals surface area contributed by atoms with Crippen LogP contribution in [0.2, 0.25) is 0 Å². The molecule has 21 heavy (non-hydrogen) atoms. The number of nitrogens with zero attached hydrogens (tertiary/aromatic N) is 2. The van der Waals surface area contributed by atoms with E-state index in [2.05, 4.69) is 63.9 Å². The second-order valence-corrected chi connectivity index (χ2v) is 6.54. The van der Waals surface area contributed by atoms with Gasteiger partial charge in [0.25, 0.3) is 0 Å². The van der Waals surface area contributed by atoms with Crippen molar-refractivity contribution in [2.45, 2.75) is 67.0 Å². The lowest BCUT2D eigenvalue weighted by atomic mass is 10.1. The van der Waals surface area contributed by atoms with E-state index in [0.29, 0.717) is 12.0 Å². The van der Waals surface area contributed by atoms with Crippen LogP contribution in [0.25, 0.3) is 0 Å². The standard InChI is InChI=1S/C18H33N3/c1-7-9-17-10-16(12-19-15(5)6)11-18(20-17)21(8-2)13-14(3)4/h10-11,14-15,19H,7-9,12-13H2,1-6H3. The number of anilines is 1. The molecule has 1 rings (SSSR count). The Kier molecular flexibility index (Phi) is 7.73. The summed E-state index contributed by atoms with van der Waals surface area (Å²) < 4.78 is 0. The topological polar surface area (TPSA) is 28.2 Å². The molecule has 0 unspecified atom stereocenters. The van der Waals surface area contributed by atoms with Gasteiger partial charge in [0.15, 0.2) is 0 Å². The van der Waals surface area contributed by atoms with Crippen LogP contribution in [0.5, 0.6) is 0 Å². The van der Waals surface area contributed by atoms with E-state index in [-0.39, 0.29) is 0 Å². The van der Waals surface area contributed by atoms with Gasteiger partial charge in [-0.1, -0.05) is 41.0 Å². The lowest BCUT2D eigenvalue weighted by Gasteiger charge is -2.25. The van der Waals surface area contributed by atoms with Gasteiger partial charge in [-0.2, -0.15) is 0 Å². The van der Waals surface area contributed by atoms with Gasteiger partial charge in [-0.25, -0.2) is 4.98 Å². The summed E-state index contributed by atoms with van der Waals surface area (Å²) in [5.41, 5.74) is 2.57. The highest BCUT2D eigenvalue weighted by atomic mass is 15.2. The first-order chi connectivity index (χ1) is 9.96. The van der Waals surface area contributed by atoms with Gasteiger partial charge in [0.05, 0.1) is 0 Å². The third-order valence-corrected chi connectivity index (χ3v) is 3.44. The number of hydrogen-bond acceptors (Lipinski definition) is 3. The van der Waals surface area contributed by atoms with Crippen molar-refractivity contribution >= 4 is 5.82 Å². The van der Waals surface area contributed by atoms with E-state index < -0.39 is 0 Å². The normalized spacial score (nSPS) is 11.4. The molecule has 0 spiro atoms. The zero-order chi connectivity index (χ0) is 15.8. The molecule has 0 aliphatic carbocycles. The second kappa shape index (κ2) is 9.04. The molecule has 1 aromatic rings. The molecular formula is C18H33N3. The molecule has 1 heterocycles. The molecule has 0 aliphatic heterocycles. The van der Waals surface area contributed by atoms with Gasteiger partial charge < -0.3 is 10.2 Å². The quantitative estimate of drug-likeness (QED) is 0.745. The Morgan fingerprint density at radius 1 is 1.14 bits per heavy atom. The van der Waals surface area contributed by atoms with E-state index in [1.165, 1.54) is 11.3 Å². The Hall–Kier alpha value is -1.09. The summed E-state index contributed by atoms with van der Waals surface area (Å²) in [5, 5.41) is 3.51. The molecule has 0 amide bonds. The predicted molar refractivity (Wildman–Crippen MR) is 92.9 cm³/mol. The van der Waals surface area contributed by atoms with Crippen molar-refractivity contribution in [3.63, 3.8) is 0 Å². The molecule has 0 aliphatic rings. The minimum absolute atomic E-state index is 0.509. The number of aryl methyl sites for hydroxylation is 1. The summed E-state index contributed by atoms with van der Waals surface area (Å²) in [6.45, 7) is 16.3. The molecule has 0 bridgehead atoms. The number of aromatic nitrogens is 1. The van der Waals surface area contributed by atoms with Crippen molar-refractivity contribution < 1.29 is 0 Å². The first-order valence-electron chi connectivity index (χ1n) is 8.44. The van der Waals surface area contributed by atoms with E-state index >= 15 is 0 Å². The largest absolute Gasteiger partial charge is 0.357 e. The Bertz CT molecular complexity index is 413. The third kappa shape index (κ3) is 6.47. The third-order valence-electron chi connectivity index (χ3n) is 3.44. The second-order valence-electron chi connectivity index (χ2n) is 6.54. The van der Waals surface area contributed by atoms with Gasteiger partial charge in [-0.3, -0.25) is 0 Å². The van der Waals surface area contributed by atoms with Gasteiger partial charge in [0.1, 0.15) is 5.82 Å². The first-order valence-corrected chi connectivity index (χ1v) is 8.44. The van der Waals surface area contributed by atoms with Crippen molar-refractivity contribution in [3.05, 3.63) is 23.4 Å². The monoisotopic (exact) mass is 291 g/mol. The highest BCUT2D eigenvalue weighted by Gasteiger charge is 2.11. The Labute approximate surface area is 131 Å². The van der Waals surface area contributed by atoms with Gasteiger partial charge >= 0.3 is 0 Å². The van der Waals surface area contributed by atoms with Crippen molar-refractivity contribution in [1.82, 2.24) is 10.3 Å². The predicted octanol–water partition coefficient (Wildman–Crippen LogP) is 4.01. The molecule has 0 saturated carbocycles. The van der Waals surface area contributed by atoms with Crippen LogP contribution in [-0.4, -0.2) is 24.1 Å². The average molecular weight is 291 g/mol. The summed E-state index contributed by atoms with van der Waals surface area (Å²) >= 11 is 0. The maximum Gasteiger partial charge on any atom is 0.129 e. The molecular weight excluding hydrogens is 258 g/mol. The Balaban J connectivity index is 2.99. The molecule has 3 nitrogen and oxygen atoms in total. The highest BCUT2D eigenvalue weighted by Crippen LogP contribution is 2.18. The van der Waals surface area contributed by atoms with E-state index in [1.807, 2.05) is 0 Å². The van der Waals surface area contributed by atoms with E-state index in [4.69, 9.17) is 4.98 Å². The van der Waals surface area contributed by atoms with Crippen LogP contribution in [0.4, 0.5) is 5.82 Å². The summed E-state index contributed by atoms with van der Waals surface area (Å²) in [6, 6.07) is 5.01. The number of rotatable bonds is 9. The molecule has 1 aromatic heterocycles. The van der Waals surface area contributed by atoms with Crippen molar-refractivity contribution in [2.75, 3.05) is 18.0 Å². The minimum atomic E-state index is 0.509. The summed E-state index contributed by atoms with van der Waals surface area (Å²) in [4.78, 5) is 7.26. The Morgan fingerprint density at radius 3 is 2.38 bits per heavy atom. The van der Waals surface area contributed by atoms with Gasteiger partial charge in [-0.15, -0.1) is 0 Å². The van der Waals surface area contributed by atoms with E-state index in [0.717, 1.165) is 38.3 Å². The molecule has 0 saturated heterocycles. The SMILES string of the molecule is CCCc1cc(CNC(C)C)cc(N(CC)CC(C)C)n1. The molecule has 0 fully saturated rings. The fourth-order valence-electron chi connectivity index (χ4n) is 2.43. The van der Waals surface area contributed by atoms with E-state index in [9.17, 15) is 0 Å². The van der Waals surface area contributed by atoms with Crippen LogP contribution in [0.3, 0.4) is 0 Å². The lowest BCUT2D eigenvalue weighted by Crippen LogP contribution is -2.29. The van der Waals surface area contributed by atoms with E-state index in [1.54, 1.807) is 0 Å². The smallest absolute Gasteiger partial charge is 0.129 e. The Morgan fingerprint density at radius 2 is 1.86 bits per heavy atom. The number of nitrogens with one attached hydrogen (secondary N) is 1. The van der Waals surface area contributed by atoms with Crippen LogP contribution in [0.1, 0.15) is 59.2 Å². The zero-order valence-corrected chi connectivity index (χ0v) is 14.7. The number of hydrogen-bond donors (Lipinski definition) is 1. The maximum absolute atomic E-state index is 4.87. The summed E-state index contributed by atoms with van der Waals surface area (Å²) in [7, 11) is 0. The van der Waals surface area contributed by atoms with Crippen LogP contribution >= 0.6 is 0 Å². The molecule has 0 aromatic carbocycles. The summed E-state index contributed by atoms with van der Waals surface area (Å²) in [6.07, 6.45) is 2.20. The maximum atomic E-state index is 4.87. The highest BCUT2D eigenvalue weighted by molar-refractivity contribution is 5.43. The fraction of sp³-hybridized carbons (Fsp3) is 0.722. The first kappa shape index (κ1) is 18.0. The van der Waals surface area contributed by atoms with Crippen LogP contribution < -0.4 is 10.2 Å². The zero-order valence-electron chi connectivity index (χ0n) is 14.7. The molecule has 0 radical (unpaired) electrons. The average Bonchev–Trinajstić information content (AvgIpc) is 2.42. The van der Waals surface area contributed by atoms with Crippen LogP contribution in [-0.2, 0) is 13.0 Å². The minimum Gasteiger partial charge on any atom is -0.357 e.